The van der Waals surface area contributed by atoms with Crippen LogP contribution in [0.1, 0.15) is 11.1 Å². The second kappa shape index (κ2) is 7.93. The van der Waals surface area contributed by atoms with Gasteiger partial charge in [0.1, 0.15) is 6.54 Å². The van der Waals surface area contributed by atoms with Crippen molar-refractivity contribution < 1.29 is 39.6 Å². The van der Waals surface area contributed by atoms with Gasteiger partial charge < -0.3 is 5.32 Å². The van der Waals surface area contributed by atoms with Crippen LogP contribution >= 0.6 is 0 Å². The quantitative estimate of drug-likeness (QED) is 0.712. The molecule has 0 aliphatic carbocycles. The lowest BCUT2D eigenvalue weighted by Gasteiger charge is -2.22. The molecule has 2 aromatic rings. The summed E-state index contributed by atoms with van der Waals surface area (Å²) in [7, 11) is -4.07. The van der Waals surface area contributed by atoms with E-state index in [-0.39, 0.29) is 11.4 Å². The average Bonchev–Trinajstić information content (AvgIpc) is 2.57. The summed E-state index contributed by atoms with van der Waals surface area (Å²) < 4.78 is 101. The van der Waals surface area contributed by atoms with Crippen LogP contribution in [-0.4, -0.2) is 27.1 Å². The number of nitrogens with zero attached hydrogens (tertiary/aromatic N) is 1. The zero-order chi connectivity index (χ0) is 22.0. The number of sulfonamides is 1. The number of alkyl halides is 6. The van der Waals surface area contributed by atoms with Crippen LogP contribution < -0.4 is 9.62 Å². The fourth-order valence-electron chi connectivity index (χ4n) is 2.32. The molecule has 29 heavy (non-hydrogen) atoms. The molecule has 0 bridgehead atoms. The summed E-state index contributed by atoms with van der Waals surface area (Å²) in [5.74, 6) is -0.977. The van der Waals surface area contributed by atoms with Gasteiger partial charge in [0.25, 0.3) is 0 Å². The standard InChI is InChI=1S/C17H14F6N2O3S/c1-29(27,28)25(14-7-5-11(6-8-14)16(18,19)20)10-15(26)24-13-4-2-3-12(9-13)17(21,22)23/h2-9H,10H2,1H3,(H,24,26). The van der Waals surface area contributed by atoms with Crippen molar-refractivity contribution in [3.8, 4) is 0 Å². The molecule has 0 radical (unpaired) electrons. The minimum atomic E-state index is -4.64. The molecule has 0 aliphatic rings. The number of anilines is 2. The third kappa shape index (κ3) is 6.11. The van der Waals surface area contributed by atoms with Gasteiger partial charge in [0, 0.05) is 5.69 Å². The molecule has 0 fully saturated rings. The zero-order valence-corrected chi connectivity index (χ0v) is 15.5. The molecule has 5 nitrogen and oxygen atoms in total. The van der Waals surface area contributed by atoms with Gasteiger partial charge in [0.15, 0.2) is 0 Å². The second-order valence-electron chi connectivity index (χ2n) is 5.94. The van der Waals surface area contributed by atoms with Gasteiger partial charge in [-0.3, -0.25) is 9.10 Å². The van der Waals surface area contributed by atoms with E-state index >= 15 is 0 Å². The first kappa shape index (κ1) is 22.5. The molecule has 0 saturated carbocycles. The van der Waals surface area contributed by atoms with E-state index in [2.05, 4.69) is 5.32 Å². The van der Waals surface area contributed by atoms with E-state index in [9.17, 15) is 39.6 Å². The summed E-state index contributed by atoms with van der Waals surface area (Å²) in [6.07, 6.45) is -8.53. The van der Waals surface area contributed by atoms with Gasteiger partial charge in [-0.15, -0.1) is 0 Å². The Balaban J connectivity index is 2.22. The molecule has 0 atom stereocenters. The Hall–Kier alpha value is -2.76. The number of rotatable bonds is 5. The van der Waals surface area contributed by atoms with Gasteiger partial charge >= 0.3 is 12.4 Å². The molecule has 0 aromatic heterocycles. The van der Waals surface area contributed by atoms with Crippen molar-refractivity contribution in [2.45, 2.75) is 12.4 Å². The number of hydrogen-bond donors (Lipinski definition) is 1. The maximum atomic E-state index is 12.7. The zero-order valence-electron chi connectivity index (χ0n) is 14.7. The average molecular weight is 440 g/mol. The fraction of sp³-hybridized carbons (Fsp3) is 0.235. The number of nitrogens with one attached hydrogen (secondary N) is 1. The normalized spacial score (nSPS) is 12.5. The summed E-state index contributed by atoms with van der Waals surface area (Å²) >= 11 is 0. The van der Waals surface area contributed by atoms with Crippen molar-refractivity contribution in [2.24, 2.45) is 0 Å². The van der Waals surface area contributed by atoms with E-state index in [1.165, 1.54) is 6.07 Å². The smallest absolute Gasteiger partial charge is 0.325 e. The monoisotopic (exact) mass is 440 g/mol. The molecule has 158 valence electrons. The van der Waals surface area contributed by atoms with E-state index in [4.69, 9.17) is 0 Å². The predicted molar refractivity (Wildman–Crippen MR) is 93.7 cm³/mol. The molecular weight excluding hydrogens is 426 g/mol. The van der Waals surface area contributed by atoms with E-state index in [1.54, 1.807) is 0 Å². The van der Waals surface area contributed by atoms with Crippen LogP contribution in [0.3, 0.4) is 0 Å². The van der Waals surface area contributed by atoms with Crippen molar-refractivity contribution in [3.63, 3.8) is 0 Å². The van der Waals surface area contributed by atoms with Crippen molar-refractivity contribution in [1.29, 1.82) is 0 Å². The molecule has 12 heteroatoms. The first-order valence-corrected chi connectivity index (χ1v) is 9.65. The Morgan fingerprint density at radius 2 is 1.48 bits per heavy atom. The Morgan fingerprint density at radius 3 is 1.97 bits per heavy atom. The van der Waals surface area contributed by atoms with Gasteiger partial charge in [0.05, 0.1) is 23.1 Å². The van der Waals surface area contributed by atoms with Gasteiger partial charge in [0.2, 0.25) is 15.9 Å². The number of amides is 1. The van der Waals surface area contributed by atoms with E-state index in [0.717, 1.165) is 30.5 Å². The Labute approximate surface area is 162 Å². The van der Waals surface area contributed by atoms with Crippen LogP contribution in [0.2, 0.25) is 0 Å². The second-order valence-corrected chi connectivity index (χ2v) is 7.85. The summed E-state index contributed by atoms with van der Waals surface area (Å²) in [6.45, 7) is -0.847. The molecule has 0 saturated heterocycles. The Kier molecular flexibility index (Phi) is 6.16. The van der Waals surface area contributed by atoms with Gasteiger partial charge in [-0.2, -0.15) is 26.3 Å². The van der Waals surface area contributed by atoms with Crippen LogP contribution in [0.4, 0.5) is 37.7 Å². The summed E-state index contributed by atoms with van der Waals surface area (Å²) in [6, 6.07) is 6.75. The highest BCUT2D eigenvalue weighted by molar-refractivity contribution is 7.92. The molecule has 2 aromatic carbocycles. The van der Waals surface area contributed by atoms with Crippen LogP contribution in [0.5, 0.6) is 0 Å². The number of carbonyl (C=O) groups is 1. The molecule has 1 amide bonds. The summed E-state index contributed by atoms with van der Waals surface area (Å²) in [5, 5.41) is 2.14. The van der Waals surface area contributed by atoms with Gasteiger partial charge in [-0.1, -0.05) is 6.07 Å². The van der Waals surface area contributed by atoms with Crippen molar-refractivity contribution in [1.82, 2.24) is 0 Å². The molecule has 0 aliphatic heterocycles. The summed E-state index contributed by atoms with van der Waals surface area (Å²) in [5.41, 5.74) is -2.45. The number of benzene rings is 2. The Bertz CT molecular complexity index is 985. The van der Waals surface area contributed by atoms with E-state index < -0.39 is 46.0 Å². The Morgan fingerprint density at radius 1 is 0.931 bits per heavy atom. The van der Waals surface area contributed by atoms with Crippen LogP contribution in [-0.2, 0) is 27.2 Å². The third-order valence-corrected chi connectivity index (χ3v) is 4.78. The molecule has 0 heterocycles. The number of carbonyl (C=O) groups excluding carboxylic acids is 1. The van der Waals surface area contributed by atoms with E-state index in [0.29, 0.717) is 22.5 Å². The maximum absolute atomic E-state index is 12.7. The first-order chi connectivity index (χ1) is 13.2. The van der Waals surface area contributed by atoms with Gasteiger partial charge in [-0.25, -0.2) is 8.42 Å². The van der Waals surface area contributed by atoms with Crippen LogP contribution in [0, 0.1) is 0 Å². The molecule has 2 rings (SSSR count). The highest BCUT2D eigenvalue weighted by Crippen LogP contribution is 2.32. The summed E-state index contributed by atoms with van der Waals surface area (Å²) in [4.78, 5) is 12.2. The minimum absolute atomic E-state index is 0.209. The van der Waals surface area contributed by atoms with Crippen LogP contribution in [0.15, 0.2) is 48.5 Å². The van der Waals surface area contributed by atoms with Crippen molar-refractivity contribution >= 4 is 27.3 Å². The minimum Gasteiger partial charge on any atom is -0.325 e. The molecular formula is C17H14F6N2O3S. The molecule has 0 spiro atoms. The van der Waals surface area contributed by atoms with Crippen molar-refractivity contribution in [3.05, 3.63) is 59.7 Å². The predicted octanol–water partition coefficient (Wildman–Crippen LogP) is 4.13. The van der Waals surface area contributed by atoms with Crippen LogP contribution in [0.25, 0.3) is 0 Å². The number of hydrogen-bond acceptors (Lipinski definition) is 3. The van der Waals surface area contributed by atoms with E-state index in [1.807, 2.05) is 0 Å². The molecule has 1 N–H and O–H groups in total. The lowest BCUT2D eigenvalue weighted by molar-refractivity contribution is -0.138. The lowest BCUT2D eigenvalue weighted by Crippen LogP contribution is -2.37. The lowest BCUT2D eigenvalue weighted by atomic mass is 10.2. The van der Waals surface area contributed by atoms with Gasteiger partial charge in [-0.05, 0) is 42.5 Å². The highest BCUT2D eigenvalue weighted by atomic mass is 32.2. The maximum Gasteiger partial charge on any atom is 0.416 e. The first-order valence-electron chi connectivity index (χ1n) is 7.80. The largest absolute Gasteiger partial charge is 0.416 e. The van der Waals surface area contributed by atoms with Crippen molar-refractivity contribution in [2.75, 3.05) is 22.4 Å². The topological polar surface area (TPSA) is 66.5 Å². The highest BCUT2D eigenvalue weighted by Gasteiger charge is 2.32. The molecule has 0 unspecified atom stereocenters. The third-order valence-electron chi connectivity index (χ3n) is 3.64. The number of halogens is 6. The fourth-order valence-corrected chi connectivity index (χ4v) is 3.18. The SMILES string of the molecule is CS(=O)(=O)N(CC(=O)Nc1cccc(C(F)(F)F)c1)c1ccc(C(F)(F)F)cc1.